The van der Waals surface area contributed by atoms with Crippen molar-refractivity contribution in [2.75, 3.05) is 38.1 Å². The van der Waals surface area contributed by atoms with Gasteiger partial charge in [-0.25, -0.2) is 14.4 Å². The molecular weight excluding hydrogens is 349 g/mol. The number of hydrogen-bond donors (Lipinski definition) is 1. The second-order valence-electron chi connectivity index (χ2n) is 6.70. The molecule has 1 saturated heterocycles. The third-order valence-electron chi connectivity index (χ3n) is 4.56. The van der Waals surface area contributed by atoms with E-state index in [9.17, 15) is 9.18 Å². The second-order valence-corrected chi connectivity index (χ2v) is 6.70. The number of aromatic nitrogens is 2. The molecule has 1 aromatic carbocycles. The molecule has 0 saturated carbocycles. The number of ether oxygens (including phenoxy) is 1. The first-order valence-corrected chi connectivity index (χ1v) is 8.97. The van der Waals surface area contributed by atoms with Crippen LogP contribution in [0.2, 0.25) is 0 Å². The van der Waals surface area contributed by atoms with Gasteiger partial charge < -0.3 is 19.9 Å². The molecule has 1 aliphatic heterocycles. The molecule has 2 aromatic rings. The fraction of sp³-hybridized carbons (Fsp3) is 0.421. The van der Waals surface area contributed by atoms with Crippen molar-refractivity contribution in [1.29, 1.82) is 0 Å². The number of anilines is 1. The summed E-state index contributed by atoms with van der Waals surface area (Å²) in [6, 6.07) is 3.91. The van der Waals surface area contributed by atoms with Crippen LogP contribution in [0.25, 0.3) is 0 Å². The summed E-state index contributed by atoms with van der Waals surface area (Å²) in [6.07, 6.45) is 3.03. The number of hydrogen-bond acceptors (Lipinski definition) is 6. The van der Waals surface area contributed by atoms with Gasteiger partial charge in [-0.2, -0.15) is 0 Å². The quantitative estimate of drug-likeness (QED) is 0.867. The molecular formula is C19H24FN5O2. The van der Waals surface area contributed by atoms with E-state index >= 15 is 0 Å². The number of piperazine rings is 1. The van der Waals surface area contributed by atoms with Crippen LogP contribution in [0.5, 0.6) is 11.5 Å². The van der Waals surface area contributed by atoms with E-state index in [-0.39, 0.29) is 23.3 Å². The first-order valence-electron chi connectivity index (χ1n) is 8.97. The molecule has 1 amide bonds. The molecule has 3 rings (SSSR count). The molecule has 1 aromatic heterocycles. The fourth-order valence-corrected chi connectivity index (χ4v) is 2.80. The highest BCUT2D eigenvalue weighted by Gasteiger charge is 2.22. The number of carbonyl (C=O) groups is 1. The third kappa shape index (κ3) is 4.33. The summed E-state index contributed by atoms with van der Waals surface area (Å²) >= 11 is 0. The average Bonchev–Trinajstić information content (AvgIpc) is 2.69. The lowest BCUT2D eigenvalue weighted by Crippen LogP contribution is -2.44. The van der Waals surface area contributed by atoms with Gasteiger partial charge in [-0.05, 0) is 32.0 Å². The van der Waals surface area contributed by atoms with E-state index in [0.717, 1.165) is 26.2 Å². The molecule has 144 valence electrons. The van der Waals surface area contributed by atoms with Gasteiger partial charge in [0.2, 0.25) is 0 Å². The van der Waals surface area contributed by atoms with E-state index in [1.54, 1.807) is 18.1 Å². The van der Waals surface area contributed by atoms with Crippen LogP contribution >= 0.6 is 0 Å². The molecule has 27 heavy (non-hydrogen) atoms. The van der Waals surface area contributed by atoms with Gasteiger partial charge in [0.15, 0.2) is 11.6 Å². The maximum absolute atomic E-state index is 13.8. The molecule has 8 heteroatoms. The van der Waals surface area contributed by atoms with Crippen molar-refractivity contribution in [1.82, 2.24) is 20.2 Å². The van der Waals surface area contributed by atoms with Crippen LogP contribution in [-0.2, 0) is 0 Å². The largest absolute Gasteiger partial charge is 0.451 e. The number of nitrogens with one attached hydrogen (secondary N) is 1. The van der Waals surface area contributed by atoms with E-state index in [2.05, 4.69) is 20.2 Å². The highest BCUT2D eigenvalue weighted by Crippen LogP contribution is 2.32. The Morgan fingerprint density at radius 1 is 1.30 bits per heavy atom. The third-order valence-corrected chi connectivity index (χ3v) is 4.56. The highest BCUT2D eigenvalue weighted by molar-refractivity contribution is 5.97. The Hall–Kier alpha value is -2.74. The molecule has 0 radical (unpaired) electrons. The maximum atomic E-state index is 13.8. The molecule has 1 N–H and O–H groups in total. The Labute approximate surface area is 158 Å². The zero-order chi connectivity index (χ0) is 19.4. The number of benzene rings is 1. The van der Waals surface area contributed by atoms with Crippen LogP contribution < -0.4 is 15.0 Å². The summed E-state index contributed by atoms with van der Waals surface area (Å²) in [5.41, 5.74) is 0.168. The molecule has 0 atom stereocenters. The normalized spacial score (nSPS) is 14.3. The van der Waals surface area contributed by atoms with Crippen molar-refractivity contribution in [3.8, 4) is 11.5 Å². The van der Waals surface area contributed by atoms with Gasteiger partial charge in [-0.1, -0.05) is 0 Å². The highest BCUT2D eigenvalue weighted by atomic mass is 19.1. The van der Waals surface area contributed by atoms with Crippen molar-refractivity contribution in [2.45, 2.75) is 19.9 Å². The second kappa shape index (κ2) is 8.30. The predicted octanol–water partition coefficient (Wildman–Crippen LogP) is 2.30. The van der Waals surface area contributed by atoms with Crippen LogP contribution in [0.4, 0.5) is 10.2 Å². The van der Waals surface area contributed by atoms with Gasteiger partial charge in [-0.3, -0.25) is 4.79 Å². The van der Waals surface area contributed by atoms with E-state index in [4.69, 9.17) is 4.74 Å². The van der Waals surface area contributed by atoms with E-state index in [1.165, 1.54) is 24.5 Å². The Morgan fingerprint density at radius 2 is 2.04 bits per heavy atom. The smallest absolute Gasteiger partial charge is 0.257 e. The van der Waals surface area contributed by atoms with Gasteiger partial charge in [0, 0.05) is 39.3 Å². The monoisotopic (exact) mass is 373 g/mol. The summed E-state index contributed by atoms with van der Waals surface area (Å²) in [4.78, 5) is 24.8. The summed E-state index contributed by atoms with van der Waals surface area (Å²) in [6.45, 7) is 7.07. The summed E-state index contributed by atoms with van der Waals surface area (Å²) in [5, 5.41) is 3.29. The lowest BCUT2D eigenvalue weighted by atomic mass is 10.1. The Morgan fingerprint density at radius 3 is 2.74 bits per heavy atom. The Balaban J connectivity index is 1.94. The van der Waals surface area contributed by atoms with Gasteiger partial charge in [-0.15, -0.1) is 0 Å². The van der Waals surface area contributed by atoms with Crippen molar-refractivity contribution in [3.63, 3.8) is 0 Å². The maximum Gasteiger partial charge on any atom is 0.257 e. The lowest BCUT2D eigenvalue weighted by Gasteiger charge is -2.29. The number of amides is 1. The fourth-order valence-electron chi connectivity index (χ4n) is 2.80. The van der Waals surface area contributed by atoms with Gasteiger partial charge in [0.1, 0.15) is 17.9 Å². The number of halogens is 1. The zero-order valence-corrected chi connectivity index (χ0v) is 15.8. The predicted molar refractivity (Wildman–Crippen MR) is 101 cm³/mol. The Kier molecular flexibility index (Phi) is 5.85. The number of rotatable bonds is 5. The van der Waals surface area contributed by atoms with Gasteiger partial charge in [0.25, 0.3) is 5.91 Å². The summed E-state index contributed by atoms with van der Waals surface area (Å²) < 4.78 is 19.8. The van der Waals surface area contributed by atoms with E-state index in [1.807, 2.05) is 13.8 Å². The molecule has 7 nitrogen and oxygen atoms in total. The first-order chi connectivity index (χ1) is 13.0. The van der Waals surface area contributed by atoms with Crippen LogP contribution in [0, 0.1) is 5.82 Å². The Bertz CT molecular complexity index is 808. The minimum absolute atomic E-state index is 0.0231. The van der Waals surface area contributed by atoms with Crippen LogP contribution in [-0.4, -0.2) is 60.0 Å². The molecule has 1 aliphatic rings. The van der Waals surface area contributed by atoms with E-state index in [0.29, 0.717) is 11.6 Å². The summed E-state index contributed by atoms with van der Waals surface area (Å²) in [7, 11) is 1.68. The first kappa shape index (κ1) is 19.0. The van der Waals surface area contributed by atoms with Crippen LogP contribution in [0.1, 0.15) is 24.2 Å². The van der Waals surface area contributed by atoms with Crippen LogP contribution in [0.15, 0.2) is 30.7 Å². The summed E-state index contributed by atoms with van der Waals surface area (Å²) in [5.74, 6) is 0.577. The van der Waals surface area contributed by atoms with Crippen molar-refractivity contribution in [2.24, 2.45) is 0 Å². The molecule has 0 aliphatic carbocycles. The molecule has 0 bridgehead atoms. The SMILES string of the molecule is CC(C)N(C)C(=O)c1cc(F)ccc1Oc1cncnc1N1CCNCC1. The average molecular weight is 373 g/mol. The minimum atomic E-state index is -0.491. The molecule has 1 fully saturated rings. The van der Waals surface area contributed by atoms with E-state index < -0.39 is 5.82 Å². The van der Waals surface area contributed by atoms with Crippen LogP contribution in [0.3, 0.4) is 0 Å². The van der Waals surface area contributed by atoms with Gasteiger partial charge in [0.05, 0.1) is 11.8 Å². The number of nitrogens with zero attached hydrogens (tertiary/aromatic N) is 4. The topological polar surface area (TPSA) is 70.6 Å². The minimum Gasteiger partial charge on any atom is -0.451 e. The van der Waals surface area contributed by atoms with Crippen molar-refractivity contribution in [3.05, 3.63) is 42.1 Å². The molecule has 0 unspecified atom stereocenters. The zero-order valence-electron chi connectivity index (χ0n) is 15.8. The standard InChI is InChI=1S/C19H24FN5O2/c1-13(2)24(3)19(26)15-10-14(20)4-5-16(15)27-17-11-22-12-23-18(17)25-8-6-21-7-9-25/h4-5,10-13,21H,6-9H2,1-3H3. The van der Waals surface area contributed by atoms with Gasteiger partial charge >= 0.3 is 0 Å². The van der Waals surface area contributed by atoms with Crippen molar-refractivity contribution < 1.29 is 13.9 Å². The molecule has 2 heterocycles. The molecule has 0 spiro atoms. The lowest BCUT2D eigenvalue weighted by molar-refractivity contribution is 0.0752. The number of carbonyl (C=O) groups excluding carboxylic acids is 1. The van der Waals surface area contributed by atoms with Crippen molar-refractivity contribution >= 4 is 11.7 Å².